The first kappa shape index (κ1) is 14.1. The van der Waals surface area contributed by atoms with Crippen LogP contribution in [0.4, 0.5) is 0 Å². The van der Waals surface area contributed by atoms with E-state index in [-0.39, 0.29) is 10.9 Å². The summed E-state index contributed by atoms with van der Waals surface area (Å²) in [5.41, 5.74) is 0. The maximum Gasteiger partial charge on any atom is 0.0846 e. The molecule has 4 heteroatoms. The molecule has 2 unspecified atom stereocenters. The lowest BCUT2D eigenvalue weighted by molar-refractivity contribution is 0.0355. The van der Waals surface area contributed by atoms with Gasteiger partial charge in [-0.3, -0.25) is 0 Å². The number of hydrogen-bond donors (Lipinski definition) is 0. The van der Waals surface area contributed by atoms with Crippen LogP contribution in [-0.4, -0.2) is 29.3 Å². The highest BCUT2D eigenvalue weighted by atomic mass is 79.9. The Bertz CT molecular complexity index is 163. The lowest BCUT2D eigenvalue weighted by Gasteiger charge is -2.25. The molecule has 0 bridgehead atoms. The summed E-state index contributed by atoms with van der Waals surface area (Å²) in [6, 6.07) is 0. The van der Waals surface area contributed by atoms with E-state index in [0.29, 0.717) is 11.8 Å². The highest BCUT2D eigenvalue weighted by Crippen LogP contribution is 2.25. The molecule has 0 aliphatic heterocycles. The Balaban J connectivity index is 2.20. The molecule has 15 heavy (non-hydrogen) atoms. The van der Waals surface area contributed by atoms with Gasteiger partial charge in [-0.2, -0.15) is 0 Å². The number of hydrogen-bond acceptors (Lipinski definition) is 1. The first-order chi connectivity index (χ1) is 7.27. The first-order valence-electron chi connectivity index (χ1n) is 5.65. The van der Waals surface area contributed by atoms with Gasteiger partial charge in [0.2, 0.25) is 0 Å². The summed E-state index contributed by atoms with van der Waals surface area (Å²) in [5.74, 6) is 1.79. The van der Waals surface area contributed by atoms with Gasteiger partial charge in [0.25, 0.3) is 0 Å². The highest BCUT2D eigenvalue weighted by Gasteiger charge is 2.20. The number of ether oxygens (including phenoxy) is 1. The van der Waals surface area contributed by atoms with Crippen molar-refractivity contribution < 1.29 is 4.74 Å². The van der Waals surface area contributed by atoms with Crippen LogP contribution in [0.15, 0.2) is 0 Å². The van der Waals surface area contributed by atoms with Crippen LogP contribution < -0.4 is 0 Å². The Kier molecular flexibility index (Phi) is 7.66. The van der Waals surface area contributed by atoms with E-state index >= 15 is 0 Å². The highest BCUT2D eigenvalue weighted by molar-refractivity contribution is 9.09. The van der Waals surface area contributed by atoms with Gasteiger partial charge in [0.15, 0.2) is 0 Å². The van der Waals surface area contributed by atoms with Crippen LogP contribution in [0.3, 0.4) is 0 Å². The van der Waals surface area contributed by atoms with E-state index in [1.54, 1.807) is 0 Å². The van der Waals surface area contributed by atoms with Gasteiger partial charge in [-0.05, 0) is 18.8 Å². The standard InChI is InChI=1S/C11H19BrCl2O/c12-10(6-13)11(7-14)15-8-9-4-2-1-3-5-9/h9-11H,1-8H2. The Morgan fingerprint density at radius 2 is 1.80 bits per heavy atom. The van der Waals surface area contributed by atoms with Crippen LogP contribution in [0.1, 0.15) is 32.1 Å². The van der Waals surface area contributed by atoms with Crippen molar-refractivity contribution in [2.24, 2.45) is 5.92 Å². The van der Waals surface area contributed by atoms with E-state index in [1.807, 2.05) is 0 Å². The fourth-order valence-electron chi connectivity index (χ4n) is 1.96. The summed E-state index contributed by atoms with van der Waals surface area (Å²) in [5, 5.41) is 0. The molecule has 0 aromatic rings. The normalized spacial score (nSPS) is 22.6. The quantitative estimate of drug-likeness (QED) is 0.667. The molecular formula is C11H19BrCl2O. The molecule has 0 aromatic carbocycles. The smallest absolute Gasteiger partial charge is 0.0846 e. The molecule has 1 rings (SSSR count). The molecule has 0 radical (unpaired) electrons. The third-order valence-electron chi connectivity index (χ3n) is 2.97. The van der Waals surface area contributed by atoms with E-state index in [2.05, 4.69) is 15.9 Å². The zero-order chi connectivity index (χ0) is 11.1. The van der Waals surface area contributed by atoms with Crippen molar-refractivity contribution in [3.63, 3.8) is 0 Å². The van der Waals surface area contributed by atoms with Crippen LogP contribution in [0.5, 0.6) is 0 Å². The average molecular weight is 318 g/mol. The Morgan fingerprint density at radius 1 is 1.13 bits per heavy atom. The zero-order valence-electron chi connectivity index (χ0n) is 8.93. The topological polar surface area (TPSA) is 9.23 Å². The Morgan fingerprint density at radius 3 is 2.33 bits per heavy atom. The zero-order valence-corrected chi connectivity index (χ0v) is 12.0. The average Bonchev–Trinajstić information content (AvgIpc) is 2.31. The van der Waals surface area contributed by atoms with Crippen LogP contribution in [0.2, 0.25) is 0 Å². The second-order valence-corrected chi connectivity index (χ2v) is 5.99. The molecular weight excluding hydrogens is 299 g/mol. The van der Waals surface area contributed by atoms with Crippen molar-refractivity contribution in [1.29, 1.82) is 0 Å². The van der Waals surface area contributed by atoms with E-state index in [4.69, 9.17) is 27.9 Å². The Hall–Kier alpha value is 1.02. The molecule has 1 aliphatic carbocycles. The molecule has 0 aromatic heterocycles. The number of alkyl halides is 3. The maximum absolute atomic E-state index is 5.85. The van der Waals surface area contributed by atoms with E-state index in [1.165, 1.54) is 32.1 Å². The summed E-state index contributed by atoms with van der Waals surface area (Å²) in [7, 11) is 0. The minimum Gasteiger partial charge on any atom is -0.375 e. The number of halogens is 3. The fourth-order valence-corrected chi connectivity index (χ4v) is 3.02. The van der Waals surface area contributed by atoms with Crippen molar-refractivity contribution in [2.75, 3.05) is 18.4 Å². The fraction of sp³-hybridized carbons (Fsp3) is 1.00. The molecule has 1 fully saturated rings. The minimum atomic E-state index is 0.0473. The Labute approximate surface area is 111 Å². The molecule has 90 valence electrons. The van der Waals surface area contributed by atoms with Crippen molar-refractivity contribution in [3.8, 4) is 0 Å². The van der Waals surface area contributed by atoms with E-state index in [0.717, 1.165) is 12.5 Å². The van der Waals surface area contributed by atoms with Crippen LogP contribution in [-0.2, 0) is 4.74 Å². The molecule has 1 nitrogen and oxygen atoms in total. The lowest BCUT2D eigenvalue weighted by Crippen LogP contribution is -2.30. The van der Waals surface area contributed by atoms with Crippen LogP contribution in [0.25, 0.3) is 0 Å². The largest absolute Gasteiger partial charge is 0.375 e. The molecule has 0 amide bonds. The summed E-state index contributed by atoms with van der Waals surface area (Å²) < 4.78 is 5.82. The van der Waals surface area contributed by atoms with E-state index in [9.17, 15) is 0 Å². The predicted octanol–water partition coefficient (Wildman–Crippen LogP) is 4.19. The van der Waals surface area contributed by atoms with E-state index < -0.39 is 0 Å². The van der Waals surface area contributed by atoms with Crippen LogP contribution in [0, 0.1) is 5.92 Å². The second kappa shape index (κ2) is 8.16. The third-order valence-corrected chi connectivity index (χ3v) is 4.90. The van der Waals surface area contributed by atoms with Crippen molar-refractivity contribution in [3.05, 3.63) is 0 Å². The maximum atomic E-state index is 5.85. The van der Waals surface area contributed by atoms with Gasteiger partial charge >= 0.3 is 0 Å². The molecule has 2 atom stereocenters. The molecule has 0 N–H and O–H groups in total. The summed E-state index contributed by atoms with van der Waals surface area (Å²) in [4.78, 5) is 0.167. The van der Waals surface area contributed by atoms with Gasteiger partial charge in [0.1, 0.15) is 0 Å². The van der Waals surface area contributed by atoms with Gasteiger partial charge in [0, 0.05) is 18.4 Å². The monoisotopic (exact) mass is 316 g/mol. The van der Waals surface area contributed by atoms with Gasteiger partial charge in [0.05, 0.1) is 10.9 Å². The lowest BCUT2D eigenvalue weighted by atomic mass is 9.90. The molecule has 1 saturated carbocycles. The van der Waals surface area contributed by atoms with Crippen LogP contribution >= 0.6 is 39.1 Å². The molecule has 0 saturated heterocycles. The molecule has 0 heterocycles. The first-order valence-corrected chi connectivity index (χ1v) is 7.64. The summed E-state index contributed by atoms with van der Waals surface area (Å²) in [6.07, 6.45) is 6.76. The molecule has 0 spiro atoms. The molecule has 1 aliphatic rings. The SMILES string of the molecule is ClCC(Br)C(CCl)OCC1CCCCC1. The van der Waals surface area contributed by atoms with Crippen molar-refractivity contribution in [1.82, 2.24) is 0 Å². The van der Waals surface area contributed by atoms with Gasteiger partial charge in [-0.1, -0.05) is 35.2 Å². The van der Waals surface area contributed by atoms with Gasteiger partial charge < -0.3 is 4.74 Å². The number of rotatable bonds is 6. The third kappa shape index (κ3) is 5.25. The van der Waals surface area contributed by atoms with Crippen molar-refractivity contribution >= 4 is 39.1 Å². The predicted molar refractivity (Wildman–Crippen MR) is 70.5 cm³/mol. The van der Waals surface area contributed by atoms with Gasteiger partial charge in [-0.15, -0.1) is 23.2 Å². The minimum absolute atomic E-state index is 0.0473. The summed E-state index contributed by atoms with van der Waals surface area (Å²) in [6.45, 7) is 0.844. The van der Waals surface area contributed by atoms with Crippen molar-refractivity contribution in [2.45, 2.75) is 43.0 Å². The summed E-state index contributed by atoms with van der Waals surface area (Å²) >= 11 is 15.1. The second-order valence-electron chi connectivity index (χ2n) is 4.20. The van der Waals surface area contributed by atoms with Gasteiger partial charge in [-0.25, -0.2) is 0 Å².